The fourth-order valence-corrected chi connectivity index (χ4v) is 4.43. The molecule has 1 aliphatic heterocycles. The molecule has 2 heteroatoms. The van der Waals surface area contributed by atoms with E-state index in [9.17, 15) is 0 Å². The van der Waals surface area contributed by atoms with Gasteiger partial charge < -0.3 is 0 Å². The summed E-state index contributed by atoms with van der Waals surface area (Å²) in [4.78, 5) is 0. The highest BCUT2D eigenvalue weighted by molar-refractivity contribution is 7.82. The highest BCUT2D eigenvalue weighted by atomic mass is 32.1. The summed E-state index contributed by atoms with van der Waals surface area (Å²) >= 11 is 4.46. The van der Waals surface area contributed by atoms with E-state index in [1.54, 1.807) is 0 Å². The second kappa shape index (κ2) is 2.26. The molecule has 0 radical (unpaired) electrons. The summed E-state index contributed by atoms with van der Waals surface area (Å²) in [7, 11) is 0. The molecule has 0 nitrogen and oxygen atoms in total. The fourth-order valence-electron chi connectivity index (χ4n) is 3.88. The van der Waals surface area contributed by atoms with Gasteiger partial charge in [0.15, 0.2) is 6.71 Å². The Labute approximate surface area is 82.0 Å². The van der Waals surface area contributed by atoms with Gasteiger partial charge in [-0.3, -0.25) is 0 Å². The molecule has 1 aliphatic carbocycles. The molecule has 3 atom stereocenters. The lowest BCUT2D eigenvalue weighted by molar-refractivity contribution is 0.168. The standard InChI is InChI=1S/C10H19BS/c1-7-5-10(9(2,3)4)8(7)11(10)6-12/h7-8,12H,5-6H2,1-4H3. The van der Waals surface area contributed by atoms with Crippen molar-refractivity contribution in [3.05, 3.63) is 0 Å². The average molecular weight is 182 g/mol. The van der Waals surface area contributed by atoms with Crippen LogP contribution in [0.4, 0.5) is 0 Å². The van der Waals surface area contributed by atoms with Crippen molar-refractivity contribution in [2.24, 2.45) is 11.3 Å². The molecule has 2 rings (SSSR count). The predicted octanol–water partition coefficient (Wildman–Crippen LogP) is 3.16. The van der Waals surface area contributed by atoms with Gasteiger partial charge in [-0.1, -0.05) is 39.9 Å². The van der Waals surface area contributed by atoms with Gasteiger partial charge in [0.1, 0.15) is 0 Å². The number of fused-ring (bicyclic) bond motifs is 1. The number of rotatable bonds is 1. The van der Waals surface area contributed by atoms with Crippen molar-refractivity contribution in [3.8, 4) is 0 Å². The van der Waals surface area contributed by atoms with Crippen molar-refractivity contribution in [2.75, 3.05) is 5.65 Å². The summed E-state index contributed by atoms with van der Waals surface area (Å²) in [5.41, 5.74) is 1.61. The van der Waals surface area contributed by atoms with Gasteiger partial charge in [0, 0.05) is 0 Å². The molecule has 12 heavy (non-hydrogen) atoms. The molecule has 0 N–H and O–H groups in total. The van der Waals surface area contributed by atoms with Crippen LogP contribution in [-0.2, 0) is 0 Å². The monoisotopic (exact) mass is 182 g/mol. The van der Waals surface area contributed by atoms with Crippen molar-refractivity contribution in [1.29, 1.82) is 0 Å². The molecule has 1 heterocycles. The average Bonchev–Trinajstić information content (AvgIpc) is 2.48. The van der Waals surface area contributed by atoms with Crippen molar-refractivity contribution < 1.29 is 0 Å². The molecule has 0 amide bonds. The molecular weight excluding hydrogens is 163 g/mol. The van der Waals surface area contributed by atoms with E-state index in [4.69, 9.17) is 0 Å². The van der Waals surface area contributed by atoms with Gasteiger partial charge in [-0.25, -0.2) is 0 Å². The Morgan fingerprint density at radius 3 is 2.25 bits per heavy atom. The van der Waals surface area contributed by atoms with Crippen LogP contribution < -0.4 is 0 Å². The van der Waals surface area contributed by atoms with E-state index in [0.29, 0.717) is 10.7 Å². The molecule has 1 saturated carbocycles. The minimum absolute atomic E-state index is 0.511. The van der Waals surface area contributed by atoms with E-state index in [2.05, 4.69) is 40.3 Å². The molecule has 0 aromatic rings. The van der Waals surface area contributed by atoms with Crippen LogP contribution in [0.3, 0.4) is 0 Å². The van der Waals surface area contributed by atoms with Crippen molar-refractivity contribution >= 4 is 19.3 Å². The summed E-state index contributed by atoms with van der Waals surface area (Å²) in [5, 5.41) is 0.689. The Balaban J connectivity index is 2.17. The lowest BCUT2D eigenvalue weighted by atomic mass is 9.54. The largest absolute Gasteiger partial charge is 0.187 e. The quantitative estimate of drug-likeness (QED) is 0.467. The Morgan fingerprint density at radius 2 is 2.08 bits per heavy atom. The third kappa shape index (κ3) is 0.779. The molecule has 0 bridgehead atoms. The van der Waals surface area contributed by atoms with Crippen LogP contribution in [0.25, 0.3) is 0 Å². The molecule has 0 spiro atoms. The van der Waals surface area contributed by atoms with Crippen LogP contribution in [0, 0.1) is 11.3 Å². The van der Waals surface area contributed by atoms with E-state index in [1.165, 1.54) is 6.42 Å². The van der Waals surface area contributed by atoms with Crippen LogP contribution >= 0.6 is 12.6 Å². The van der Waals surface area contributed by atoms with Crippen LogP contribution in [-0.4, -0.2) is 12.4 Å². The molecule has 1 saturated heterocycles. The first-order valence-electron chi connectivity index (χ1n) is 5.06. The van der Waals surface area contributed by atoms with Gasteiger partial charge in [-0.15, -0.1) is 0 Å². The topological polar surface area (TPSA) is 0 Å². The van der Waals surface area contributed by atoms with E-state index >= 15 is 0 Å². The molecule has 2 aliphatic rings. The van der Waals surface area contributed by atoms with Gasteiger partial charge in [0.25, 0.3) is 0 Å². The minimum atomic E-state index is 0.511. The highest BCUT2D eigenvalue weighted by Crippen LogP contribution is 2.86. The van der Waals surface area contributed by atoms with E-state index in [0.717, 1.165) is 24.1 Å². The molecular formula is C10H19BS. The van der Waals surface area contributed by atoms with Gasteiger partial charge in [0.05, 0.1) is 0 Å². The first-order chi connectivity index (χ1) is 5.45. The molecule has 3 unspecified atom stereocenters. The summed E-state index contributed by atoms with van der Waals surface area (Å²) in [5.74, 6) is 1.98. The molecule has 2 fully saturated rings. The second-order valence-corrected chi connectivity index (χ2v) is 6.15. The minimum Gasteiger partial charge on any atom is -0.187 e. The highest BCUT2D eigenvalue weighted by Gasteiger charge is 2.78. The lowest BCUT2D eigenvalue weighted by Crippen LogP contribution is -2.28. The first-order valence-corrected chi connectivity index (χ1v) is 5.69. The van der Waals surface area contributed by atoms with Crippen molar-refractivity contribution in [3.63, 3.8) is 0 Å². The Kier molecular flexibility index (Phi) is 1.69. The maximum Gasteiger partial charge on any atom is 0.160 e. The van der Waals surface area contributed by atoms with Gasteiger partial charge in [0.2, 0.25) is 0 Å². The Morgan fingerprint density at radius 1 is 1.50 bits per heavy atom. The third-order valence-corrected chi connectivity index (χ3v) is 4.84. The SMILES string of the molecule is CC1CC2(C(C)(C)C)B(CS)C12. The summed E-state index contributed by atoms with van der Waals surface area (Å²) in [6, 6.07) is 0. The Hall–Kier alpha value is 0.415. The lowest BCUT2D eigenvalue weighted by Gasteiger charge is -2.44. The van der Waals surface area contributed by atoms with Gasteiger partial charge >= 0.3 is 0 Å². The van der Waals surface area contributed by atoms with E-state index < -0.39 is 0 Å². The van der Waals surface area contributed by atoms with Crippen LogP contribution in [0.1, 0.15) is 34.1 Å². The molecule has 0 aromatic carbocycles. The van der Waals surface area contributed by atoms with Gasteiger partial charge in [-0.05, 0) is 22.3 Å². The maximum atomic E-state index is 4.46. The maximum absolute atomic E-state index is 4.46. The zero-order valence-corrected chi connectivity index (χ0v) is 9.49. The molecule has 68 valence electrons. The second-order valence-electron chi connectivity index (χ2n) is 5.79. The summed E-state index contributed by atoms with van der Waals surface area (Å²) in [6.45, 7) is 10.5. The third-order valence-electron chi connectivity index (χ3n) is 4.45. The predicted molar refractivity (Wildman–Crippen MR) is 59.3 cm³/mol. The van der Waals surface area contributed by atoms with Crippen molar-refractivity contribution in [2.45, 2.75) is 45.2 Å². The normalized spacial score (nSPS) is 45.2. The summed E-state index contributed by atoms with van der Waals surface area (Å²) in [6.07, 6.45) is 1.45. The number of hydrogen-bond acceptors (Lipinski definition) is 1. The molecule has 0 aromatic heterocycles. The number of hydrogen-bond donors (Lipinski definition) is 1. The first kappa shape index (κ1) is 8.99. The van der Waals surface area contributed by atoms with E-state index in [-0.39, 0.29) is 0 Å². The summed E-state index contributed by atoms with van der Waals surface area (Å²) < 4.78 is 0. The number of thiol groups is 1. The smallest absolute Gasteiger partial charge is 0.160 e. The van der Waals surface area contributed by atoms with Crippen molar-refractivity contribution in [1.82, 2.24) is 0 Å². The Bertz CT molecular complexity index is 202. The van der Waals surface area contributed by atoms with Crippen LogP contribution in [0.2, 0.25) is 11.1 Å². The van der Waals surface area contributed by atoms with Crippen LogP contribution in [0.5, 0.6) is 0 Å². The zero-order valence-electron chi connectivity index (χ0n) is 8.59. The zero-order chi connectivity index (χ0) is 9.15. The van der Waals surface area contributed by atoms with E-state index in [1.807, 2.05) is 0 Å². The van der Waals surface area contributed by atoms with Gasteiger partial charge in [-0.2, -0.15) is 12.6 Å². The fraction of sp³-hybridized carbons (Fsp3) is 1.00. The van der Waals surface area contributed by atoms with Crippen LogP contribution in [0.15, 0.2) is 0 Å².